The van der Waals surface area contributed by atoms with Crippen molar-refractivity contribution >= 4 is 5.82 Å². The van der Waals surface area contributed by atoms with E-state index in [1.54, 1.807) is 6.07 Å². The molecule has 0 aliphatic carbocycles. The minimum atomic E-state index is -0.0681. The van der Waals surface area contributed by atoms with E-state index in [-0.39, 0.29) is 18.8 Å². The van der Waals surface area contributed by atoms with Gasteiger partial charge in [-0.15, -0.1) is 0 Å². The number of anilines is 1. The molecule has 1 aliphatic heterocycles. The lowest BCUT2D eigenvalue weighted by Gasteiger charge is -2.35. The summed E-state index contributed by atoms with van der Waals surface area (Å²) in [6, 6.07) is 1.79. The van der Waals surface area contributed by atoms with Crippen molar-refractivity contribution in [2.45, 2.75) is 25.7 Å². The maximum Gasteiger partial charge on any atom is 0.145 e. The molecular formula is C11H20N4O2. The van der Waals surface area contributed by atoms with E-state index in [9.17, 15) is 0 Å². The van der Waals surface area contributed by atoms with Crippen LogP contribution < -0.4 is 5.73 Å². The van der Waals surface area contributed by atoms with Gasteiger partial charge >= 0.3 is 0 Å². The van der Waals surface area contributed by atoms with Gasteiger partial charge in [0, 0.05) is 25.8 Å². The molecule has 1 aromatic heterocycles. The van der Waals surface area contributed by atoms with Gasteiger partial charge in [0.05, 0.1) is 25.4 Å². The molecule has 1 fully saturated rings. The zero-order valence-corrected chi connectivity index (χ0v) is 10.1. The second kappa shape index (κ2) is 5.48. The lowest BCUT2D eigenvalue weighted by atomic mass is 10.2. The molecule has 3 N–H and O–H groups in total. The van der Waals surface area contributed by atoms with Crippen molar-refractivity contribution in [1.29, 1.82) is 0 Å². The number of nitrogens with two attached hydrogens (primary N) is 1. The minimum absolute atomic E-state index is 0.0681. The van der Waals surface area contributed by atoms with Crippen molar-refractivity contribution in [3.05, 3.63) is 12.3 Å². The van der Waals surface area contributed by atoms with E-state index < -0.39 is 0 Å². The molecule has 17 heavy (non-hydrogen) atoms. The van der Waals surface area contributed by atoms with Crippen LogP contribution in [0.2, 0.25) is 0 Å². The highest BCUT2D eigenvalue weighted by molar-refractivity contribution is 5.23. The largest absolute Gasteiger partial charge is 0.394 e. The van der Waals surface area contributed by atoms with E-state index >= 15 is 0 Å². The predicted molar refractivity (Wildman–Crippen MR) is 64.5 cm³/mol. The Kier molecular flexibility index (Phi) is 3.98. The Morgan fingerprint density at radius 2 is 2.35 bits per heavy atom. The first-order chi connectivity index (χ1) is 8.17. The topological polar surface area (TPSA) is 76.5 Å². The first-order valence-corrected chi connectivity index (χ1v) is 5.95. The molecule has 2 rings (SSSR count). The lowest BCUT2D eigenvalue weighted by Crippen LogP contribution is -2.48. The van der Waals surface area contributed by atoms with Crippen molar-refractivity contribution in [1.82, 2.24) is 14.7 Å². The standard InChI is InChI=1S/C11H20N4O2/c1-9-6-14(7-10(8-16)17-9)4-5-15-3-2-11(12)13-15/h2-3,9-10,16H,4-8H2,1H3,(H2,12,13). The summed E-state index contributed by atoms with van der Waals surface area (Å²) in [6.07, 6.45) is 1.98. The molecule has 96 valence electrons. The molecule has 0 bridgehead atoms. The molecule has 1 saturated heterocycles. The van der Waals surface area contributed by atoms with Gasteiger partial charge in [-0.2, -0.15) is 5.10 Å². The van der Waals surface area contributed by atoms with Crippen molar-refractivity contribution in [3.8, 4) is 0 Å². The molecule has 0 radical (unpaired) electrons. The summed E-state index contributed by atoms with van der Waals surface area (Å²) in [5.74, 6) is 0.550. The first-order valence-electron chi connectivity index (χ1n) is 5.95. The molecule has 2 atom stereocenters. The van der Waals surface area contributed by atoms with Gasteiger partial charge in [-0.1, -0.05) is 0 Å². The SMILES string of the molecule is CC1CN(CCn2ccc(N)n2)CC(CO)O1. The molecule has 0 spiro atoms. The molecule has 0 amide bonds. The molecule has 0 saturated carbocycles. The number of morpholine rings is 1. The molecule has 6 heteroatoms. The lowest BCUT2D eigenvalue weighted by molar-refractivity contribution is -0.0956. The monoisotopic (exact) mass is 240 g/mol. The van der Waals surface area contributed by atoms with Crippen LogP contribution in [0.1, 0.15) is 6.92 Å². The van der Waals surface area contributed by atoms with E-state index in [1.807, 2.05) is 17.8 Å². The molecule has 2 unspecified atom stereocenters. The Hall–Kier alpha value is -1.11. The second-order valence-corrected chi connectivity index (χ2v) is 4.51. The number of aliphatic hydroxyl groups is 1. The normalized spacial score (nSPS) is 26.2. The Labute approximate surface area is 101 Å². The number of hydrogen-bond acceptors (Lipinski definition) is 5. The van der Waals surface area contributed by atoms with E-state index in [0.29, 0.717) is 5.82 Å². The summed E-state index contributed by atoms with van der Waals surface area (Å²) in [5, 5.41) is 13.3. The fourth-order valence-electron chi connectivity index (χ4n) is 2.17. The molecular weight excluding hydrogens is 220 g/mol. The average molecular weight is 240 g/mol. The number of aliphatic hydroxyl groups excluding tert-OH is 1. The van der Waals surface area contributed by atoms with Crippen LogP contribution in [-0.4, -0.2) is 58.2 Å². The Balaban J connectivity index is 1.82. The highest BCUT2D eigenvalue weighted by Crippen LogP contribution is 2.10. The van der Waals surface area contributed by atoms with E-state index in [0.717, 1.165) is 26.2 Å². The van der Waals surface area contributed by atoms with Gasteiger partial charge in [-0.25, -0.2) is 0 Å². The van der Waals surface area contributed by atoms with Crippen molar-refractivity contribution in [2.24, 2.45) is 0 Å². The third-order valence-corrected chi connectivity index (χ3v) is 2.91. The van der Waals surface area contributed by atoms with Crippen LogP contribution in [0.4, 0.5) is 5.82 Å². The van der Waals surface area contributed by atoms with Crippen molar-refractivity contribution in [2.75, 3.05) is 32.0 Å². The number of aromatic nitrogens is 2. The van der Waals surface area contributed by atoms with Crippen LogP contribution in [0, 0.1) is 0 Å². The fourth-order valence-corrected chi connectivity index (χ4v) is 2.17. The average Bonchev–Trinajstić information content (AvgIpc) is 2.72. The van der Waals surface area contributed by atoms with Crippen molar-refractivity contribution in [3.63, 3.8) is 0 Å². The highest BCUT2D eigenvalue weighted by Gasteiger charge is 2.24. The Morgan fingerprint density at radius 3 is 3.00 bits per heavy atom. The van der Waals surface area contributed by atoms with Crippen LogP contribution >= 0.6 is 0 Å². The summed E-state index contributed by atoms with van der Waals surface area (Å²) >= 11 is 0. The van der Waals surface area contributed by atoms with Gasteiger partial charge in [0.15, 0.2) is 0 Å². The number of hydrogen-bond donors (Lipinski definition) is 2. The summed E-state index contributed by atoms with van der Waals surface area (Å²) in [4.78, 5) is 2.28. The Morgan fingerprint density at radius 1 is 1.53 bits per heavy atom. The van der Waals surface area contributed by atoms with E-state index in [1.165, 1.54) is 0 Å². The number of ether oxygens (including phenoxy) is 1. The quantitative estimate of drug-likeness (QED) is 0.745. The van der Waals surface area contributed by atoms with Gasteiger partial charge in [0.1, 0.15) is 5.82 Å². The minimum Gasteiger partial charge on any atom is -0.394 e. The molecule has 2 heterocycles. The maximum absolute atomic E-state index is 9.13. The van der Waals surface area contributed by atoms with Gasteiger partial charge in [-0.3, -0.25) is 9.58 Å². The number of nitrogens with zero attached hydrogens (tertiary/aromatic N) is 3. The maximum atomic E-state index is 9.13. The molecule has 1 aromatic rings. The summed E-state index contributed by atoms with van der Waals surface area (Å²) in [5.41, 5.74) is 5.55. The summed E-state index contributed by atoms with van der Waals surface area (Å²) in [6.45, 7) is 5.48. The van der Waals surface area contributed by atoms with Crippen LogP contribution in [0.5, 0.6) is 0 Å². The van der Waals surface area contributed by atoms with Gasteiger partial charge in [-0.05, 0) is 13.0 Å². The van der Waals surface area contributed by atoms with Gasteiger partial charge in [0.2, 0.25) is 0 Å². The molecule has 0 aromatic carbocycles. The van der Waals surface area contributed by atoms with Crippen LogP contribution in [-0.2, 0) is 11.3 Å². The fraction of sp³-hybridized carbons (Fsp3) is 0.727. The third-order valence-electron chi connectivity index (χ3n) is 2.91. The predicted octanol–water partition coefficient (Wildman–Crippen LogP) is -0.453. The van der Waals surface area contributed by atoms with E-state index in [2.05, 4.69) is 10.00 Å². The number of rotatable bonds is 4. The zero-order chi connectivity index (χ0) is 12.3. The van der Waals surface area contributed by atoms with Crippen molar-refractivity contribution < 1.29 is 9.84 Å². The smallest absolute Gasteiger partial charge is 0.145 e. The second-order valence-electron chi connectivity index (χ2n) is 4.51. The van der Waals surface area contributed by atoms with Crippen LogP contribution in [0.25, 0.3) is 0 Å². The van der Waals surface area contributed by atoms with Gasteiger partial charge in [0.25, 0.3) is 0 Å². The summed E-state index contributed by atoms with van der Waals surface area (Å²) < 4.78 is 7.42. The first kappa shape index (κ1) is 12.3. The van der Waals surface area contributed by atoms with Crippen LogP contribution in [0.3, 0.4) is 0 Å². The molecule has 1 aliphatic rings. The zero-order valence-electron chi connectivity index (χ0n) is 10.1. The molecule has 6 nitrogen and oxygen atoms in total. The van der Waals surface area contributed by atoms with Gasteiger partial charge < -0.3 is 15.6 Å². The summed E-state index contributed by atoms with van der Waals surface area (Å²) in [7, 11) is 0. The Bertz CT molecular complexity index is 355. The number of nitrogen functional groups attached to an aromatic ring is 1. The third kappa shape index (κ3) is 3.42. The highest BCUT2D eigenvalue weighted by atomic mass is 16.5. The van der Waals surface area contributed by atoms with Crippen LogP contribution in [0.15, 0.2) is 12.3 Å². The van der Waals surface area contributed by atoms with E-state index in [4.69, 9.17) is 15.6 Å².